The maximum atomic E-state index is 9.02. The predicted molar refractivity (Wildman–Crippen MR) is 82.7 cm³/mol. The van der Waals surface area contributed by atoms with Crippen LogP contribution in [0.3, 0.4) is 0 Å². The maximum absolute atomic E-state index is 9.02. The number of nitrogens with zero attached hydrogens (tertiary/aromatic N) is 2. The highest BCUT2D eigenvalue weighted by molar-refractivity contribution is 7.80. The number of nitriles is 1. The van der Waals surface area contributed by atoms with Crippen LogP contribution in [-0.4, -0.2) is 35.8 Å². The van der Waals surface area contributed by atoms with Gasteiger partial charge in [0.1, 0.15) is 5.58 Å². The van der Waals surface area contributed by atoms with E-state index in [1.807, 2.05) is 17.0 Å². The first kappa shape index (κ1) is 13.9. The second kappa shape index (κ2) is 5.72. The number of furan rings is 1. The van der Waals surface area contributed by atoms with Gasteiger partial charge in [0.15, 0.2) is 5.11 Å². The molecule has 1 fully saturated rings. The molecular formula is C15H15N3O2S. The van der Waals surface area contributed by atoms with E-state index in [2.05, 4.69) is 6.07 Å². The summed E-state index contributed by atoms with van der Waals surface area (Å²) < 4.78 is 11.1. The second-order valence-corrected chi connectivity index (χ2v) is 5.47. The average Bonchev–Trinajstić information content (AvgIpc) is 2.90. The van der Waals surface area contributed by atoms with Gasteiger partial charge in [-0.2, -0.15) is 5.26 Å². The molecule has 0 unspecified atom stereocenters. The number of thiocarbonyl (C=S) groups is 1. The monoisotopic (exact) mass is 301 g/mol. The number of rotatable bonds is 2. The molecular weight excluding hydrogens is 286 g/mol. The lowest BCUT2D eigenvalue weighted by Crippen LogP contribution is -2.51. The number of hydrogen-bond donors (Lipinski definition) is 1. The van der Waals surface area contributed by atoms with Crippen molar-refractivity contribution >= 4 is 28.3 Å². The van der Waals surface area contributed by atoms with Gasteiger partial charge in [-0.1, -0.05) is 0 Å². The lowest BCUT2D eigenvalue weighted by atomic mass is 10.0. The van der Waals surface area contributed by atoms with Gasteiger partial charge >= 0.3 is 0 Å². The van der Waals surface area contributed by atoms with Gasteiger partial charge < -0.3 is 19.8 Å². The lowest BCUT2D eigenvalue weighted by molar-refractivity contribution is 0.0273. The molecule has 0 aliphatic carbocycles. The quantitative estimate of drug-likeness (QED) is 0.852. The molecule has 0 amide bonds. The Balaban J connectivity index is 1.90. The summed E-state index contributed by atoms with van der Waals surface area (Å²) in [5.41, 5.74) is 8.22. The van der Waals surface area contributed by atoms with Gasteiger partial charge in [-0.3, -0.25) is 0 Å². The third-order valence-corrected chi connectivity index (χ3v) is 3.98. The standard InChI is InChI=1S/C15H15N3O2S/c16-7-10-1-2-14-13(5-10)11(8-20-14)6-12-9-19-4-3-18(12)15(17)21/h1-2,5,8,12H,3-4,6,9H2,(H2,17,21)/t12-/m0/s1. The predicted octanol–water partition coefficient (Wildman–Crippen LogP) is 1.79. The van der Waals surface area contributed by atoms with E-state index in [9.17, 15) is 0 Å². The number of nitrogens with two attached hydrogens (primary N) is 1. The SMILES string of the molecule is N#Cc1ccc2occ(C[C@H]3COCCN3C(N)=S)c2c1. The van der Waals surface area contributed by atoms with Crippen LogP contribution in [0.15, 0.2) is 28.9 Å². The third kappa shape index (κ3) is 2.71. The smallest absolute Gasteiger partial charge is 0.166 e. The molecule has 0 spiro atoms. The van der Waals surface area contributed by atoms with Crippen molar-refractivity contribution in [1.29, 1.82) is 5.26 Å². The van der Waals surface area contributed by atoms with Crippen molar-refractivity contribution in [2.75, 3.05) is 19.8 Å². The molecule has 2 heterocycles. The largest absolute Gasteiger partial charge is 0.464 e. The summed E-state index contributed by atoms with van der Waals surface area (Å²) >= 11 is 5.11. The fourth-order valence-corrected chi connectivity index (χ4v) is 2.92. The van der Waals surface area contributed by atoms with Crippen LogP contribution >= 0.6 is 12.2 Å². The molecule has 2 aromatic rings. The van der Waals surface area contributed by atoms with E-state index in [0.717, 1.165) is 23.0 Å². The zero-order chi connectivity index (χ0) is 14.8. The number of morpholine rings is 1. The number of ether oxygens (including phenoxy) is 1. The summed E-state index contributed by atoms with van der Waals surface area (Å²) in [5.74, 6) is 0. The Labute approximate surface area is 127 Å². The van der Waals surface area contributed by atoms with Crippen LogP contribution in [0, 0.1) is 11.3 Å². The Kier molecular flexibility index (Phi) is 3.78. The Morgan fingerprint density at radius 1 is 1.52 bits per heavy atom. The molecule has 1 aromatic carbocycles. The first-order valence-corrected chi connectivity index (χ1v) is 7.14. The number of fused-ring (bicyclic) bond motifs is 1. The van der Waals surface area contributed by atoms with Crippen molar-refractivity contribution in [3.8, 4) is 6.07 Å². The Morgan fingerprint density at radius 3 is 3.14 bits per heavy atom. The molecule has 5 nitrogen and oxygen atoms in total. The van der Waals surface area contributed by atoms with Crippen molar-refractivity contribution in [3.05, 3.63) is 35.6 Å². The van der Waals surface area contributed by atoms with Gasteiger partial charge in [0.05, 0.1) is 37.2 Å². The van der Waals surface area contributed by atoms with Crippen LogP contribution in [0.2, 0.25) is 0 Å². The van der Waals surface area contributed by atoms with Crippen molar-refractivity contribution < 1.29 is 9.15 Å². The van der Waals surface area contributed by atoms with E-state index >= 15 is 0 Å². The average molecular weight is 301 g/mol. The minimum absolute atomic E-state index is 0.0998. The zero-order valence-corrected chi connectivity index (χ0v) is 12.2. The fraction of sp³-hybridized carbons (Fsp3) is 0.333. The molecule has 1 saturated heterocycles. The minimum Gasteiger partial charge on any atom is -0.464 e. The third-order valence-electron chi connectivity index (χ3n) is 3.75. The van der Waals surface area contributed by atoms with Crippen LogP contribution < -0.4 is 5.73 Å². The van der Waals surface area contributed by atoms with Gasteiger partial charge in [0.2, 0.25) is 0 Å². The van der Waals surface area contributed by atoms with E-state index in [1.165, 1.54) is 0 Å². The molecule has 3 rings (SSSR count). The molecule has 1 atom stereocenters. The highest BCUT2D eigenvalue weighted by Crippen LogP contribution is 2.25. The van der Waals surface area contributed by atoms with E-state index in [4.69, 9.17) is 32.4 Å². The second-order valence-electron chi connectivity index (χ2n) is 5.05. The van der Waals surface area contributed by atoms with E-state index in [-0.39, 0.29) is 6.04 Å². The summed E-state index contributed by atoms with van der Waals surface area (Å²) in [6, 6.07) is 7.67. The summed E-state index contributed by atoms with van der Waals surface area (Å²) in [6.45, 7) is 1.93. The van der Waals surface area contributed by atoms with E-state index in [1.54, 1.807) is 12.3 Å². The van der Waals surface area contributed by atoms with Gasteiger partial charge in [-0.05, 0) is 36.8 Å². The van der Waals surface area contributed by atoms with Crippen molar-refractivity contribution in [2.45, 2.75) is 12.5 Å². The lowest BCUT2D eigenvalue weighted by Gasteiger charge is -2.35. The molecule has 0 saturated carbocycles. The highest BCUT2D eigenvalue weighted by atomic mass is 32.1. The Hall–Kier alpha value is -2.10. The van der Waals surface area contributed by atoms with Crippen LogP contribution in [0.4, 0.5) is 0 Å². The van der Waals surface area contributed by atoms with Crippen LogP contribution in [0.5, 0.6) is 0 Å². The van der Waals surface area contributed by atoms with Crippen LogP contribution in [0.1, 0.15) is 11.1 Å². The van der Waals surface area contributed by atoms with Crippen molar-refractivity contribution in [2.24, 2.45) is 5.73 Å². The van der Waals surface area contributed by atoms with Crippen LogP contribution in [0.25, 0.3) is 11.0 Å². The van der Waals surface area contributed by atoms with Gasteiger partial charge in [-0.15, -0.1) is 0 Å². The zero-order valence-electron chi connectivity index (χ0n) is 11.4. The summed E-state index contributed by atoms with van der Waals surface area (Å²) in [4.78, 5) is 1.99. The van der Waals surface area contributed by atoms with E-state index in [0.29, 0.717) is 30.4 Å². The first-order valence-electron chi connectivity index (χ1n) is 6.73. The van der Waals surface area contributed by atoms with Gasteiger partial charge in [0.25, 0.3) is 0 Å². The van der Waals surface area contributed by atoms with Crippen molar-refractivity contribution in [1.82, 2.24) is 4.90 Å². The minimum atomic E-state index is 0.0998. The molecule has 1 aliphatic heterocycles. The molecule has 0 bridgehead atoms. The molecule has 1 aliphatic rings. The number of benzene rings is 1. The first-order chi connectivity index (χ1) is 10.2. The maximum Gasteiger partial charge on any atom is 0.166 e. The molecule has 6 heteroatoms. The molecule has 2 N–H and O–H groups in total. The fourth-order valence-electron chi connectivity index (χ4n) is 2.68. The topological polar surface area (TPSA) is 75.4 Å². The summed E-state index contributed by atoms with van der Waals surface area (Å²) in [6.07, 6.45) is 2.46. The Morgan fingerprint density at radius 2 is 2.38 bits per heavy atom. The van der Waals surface area contributed by atoms with E-state index < -0.39 is 0 Å². The van der Waals surface area contributed by atoms with Crippen molar-refractivity contribution in [3.63, 3.8) is 0 Å². The molecule has 1 aromatic heterocycles. The molecule has 108 valence electrons. The van der Waals surface area contributed by atoms with Gasteiger partial charge in [0, 0.05) is 17.5 Å². The summed E-state index contributed by atoms with van der Waals surface area (Å²) in [7, 11) is 0. The van der Waals surface area contributed by atoms with Gasteiger partial charge in [-0.25, -0.2) is 0 Å². The Bertz CT molecular complexity index is 719. The molecule has 0 radical (unpaired) electrons. The highest BCUT2D eigenvalue weighted by Gasteiger charge is 2.25. The normalized spacial score (nSPS) is 18.6. The van der Waals surface area contributed by atoms with Crippen LogP contribution in [-0.2, 0) is 11.2 Å². The molecule has 21 heavy (non-hydrogen) atoms. The summed E-state index contributed by atoms with van der Waals surface area (Å²) in [5, 5.41) is 10.4. The number of hydrogen-bond acceptors (Lipinski definition) is 4.